The van der Waals surface area contributed by atoms with Gasteiger partial charge < -0.3 is 14.4 Å². The van der Waals surface area contributed by atoms with Gasteiger partial charge in [-0.25, -0.2) is 0 Å². The molecule has 7 heteroatoms. The molecule has 118 valence electrons. The molecule has 1 aromatic heterocycles. The van der Waals surface area contributed by atoms with Crippen molar-refractivity contribution in [3.63, 3.8) is 0 Å². The Kier molecular flexibility index (Phi) is 4.35. The highest BCUT2D eigenvalue weighted by Crippen LogP contribution is 2.28. The lowest BCUT2D eigenvalue weighted by Gasteiger charge is -2.29. The highest BCUT2D eigenvalue weighted by Gasteiger charge is 2.25. The van der Waals surface area contributed by atoms with Gasteiger partial charge in [-0.1, -0.05) is 15.9 Å². The Morgan fingerprint density at radius 1 is 1.41 bits per heavy atom. The zero-order valence-corrected chi connectivity index (χ0v) is 14.2. The Hall–Kier alpha value is -1.60. The lowest BCUT2D eigenvalue weighted by Crippen LogP contribution is -2.46. The molecule has 0 saturated carbocycles. The van der Waals surface area contributed by atoms with Crippen LogP contribution >= 0.6 is 15.9 Å². The number of hydrogen-bond acceptors (Lipinski definition) is 4. The van der Waals surface area contributed by atoms with Gasteiger partial charge in [-0.05, 0) is 25.1 Å². The van der Waals surface area contributed by atoms with Crippen molar-refractivity contribution < 1.29 is 14.3 Å². The fourth-order valence-electron chi connectivity index (χ4n) is 2.55. The number of halogens is 1. The maximum Gasteiger partial charge on any atom is 0.263 e. The highest BCUT2D eigenvalue weighted by molar-refractivity contribution is 9.10. The molecular weight excluding hydrogens is 350 g/mol. The summed E-state index contributed by atoms with van der Waals surface area (Å²) in [5, 5.41) is 5.26. The Morgan fingerprint density at radius 3 is 2.86 bits per heavy atom. The highest BCUT2D eigenvalue weighted by atomic mass is 79.9. The number of morpholine rings is 1. The molecule has 0 spiro atoms. The summed E-state index contributed by atoms with van der Waals surface area (Å²) in [7, 11) is 1.86. The molecule has 3 rings (SSSR count). The van der Waals surface area contributed by atoms with E-state index in [0.29, 0.717) is 32.2 Å². The topological polar surface area (TPSA) is 56.6 Å². The van der Waals surface area contributed by atoms with Gasteiger partial charge in [-0.3, -0.25) is 9.48 Å². The van der Waals surface area contributed by atoms with Crippen LogP contribution in [0.3, 0.4) is 0 Å². The molecule has 1 aliphatic heterocycles. The van der Waals surface area contributed by atoms with Gasteiger partial charge >= 0.3 is 0 Å². The number of hydrogen-bond donors (Lipinski definition) is 0. The Labute approximate surface area is 137 Å². The van der Waals surface area contributed by atoms with Crippen molar-refractivity contribution in [2.24, 2.45) is 7.05 Å². The summed E-state index contributed by atoms with van der Waals surface area (Å²) < 4.78 is 13.8. The van der Waals surface area contributed by atoms with Crippen LogP contribution in [0.1, 0.15) is 6.92 Å². The minimum atomic E-state index is -0.574. The first-order valence-electron chi connectivity index (χ1n) is 7.21. The molecule has 0 radical (unpaired) electrons. The molecule has 1 amide bonds. The first-order valence-corrected chi connectivity index (χ1v) is 8.01. The maximum atomic E-state index is 12.4. The molecular formula is C15H18BrN3O3. The van der Waals surface area contributed by atoms with Crippen molar-refractivity contribution in [3.8, 4) is 5.88 Å². The number of aryl methyl sites for hydroxylation is 1. The largest absolute Gasteiger partial charge is 0.463 e. The number of carbonyl (C=O) groups excluding carboxylic acids is 1. The van der Waals surface area contributed by atoms with Gasteiger partial charge in [0, 0.05) is 24.6 Å². The molecule has 1 aliphatic rings. The SMILES string of the molecule is C[C@@H](Oc1nn(C)c2ccc(Br)cc12)C(=O)N1CCOCC1. The fraction of sp³-hybridized carbons (Fsp3) is 0.467. The van der Waals surface area contributed by atoms with Crippen molar-refractivity contribution in [2.75, 3.05) is 26.3 Å². The van der Waals surface area contributed by atoms with E-state index in [0.717, 1.165) is 15.4 Å². The molecule has 1 fully saturated rings. The second-order valence-electron chi connectivity index (χ2n) is 5.29. The number of amides is 1. The summed E-state index contributed by atoms with van der Waals surface area (Å²) in [5.74, 6) is 0.449. The van der Waals surface area contributed by atoms with E-state index in [1.165, 1.54) is 0 Å². The van der Waals surface area contributed by atoms with Gasteiger partial charge in [0.15, 0.2) is 6.10 Å². The van der Waals surface area contributed by atoms with Crippen LogP contribution < -0.4 is 4.74 Å². The number of fused-ring (bicyclic) bond motifs is 1. The van der Waals surface area contributed by atoms with Gasteiger partial charge in [-0.2, -0.15) is 0 Å². The summed E-state index contributed by atoms with van der Waals surface area (Å²) in [4.78, 5) is 14.2. The predicted octanol–water partition coefficient (Wildman–Crippen LogP) is 1.96. The average molecular weight is 368 g/mol. The third-order valence-corrected chi connectivity index (χ3v) is 4.23. The van der Waals surface area contributed by atoms with Crippen LogP contribution in [-0.4, -0.2) is 53.0 Å². The van der Waals surface area contributed by atoms with Crippen LogP contribution in [-0.2, 0) is 16.6 Å². The van der Waals surface area contributed by atoms with Crippen LogP contribution in [0.5, 0.6) is 5.88 Å². The number of ether oxygens (including phenoxy) is 2. The maximum absolute atomic E-state index is 12.4. The van der Waals surface area contributed by atoms with E-state index in [2.05, 4.69) is 21.0 Å². The molecule has 1 atom stereocenters. The van der Waals surface area contributed by atoms with Crippen molar-refractivity contribution in [1.82, 2.24) is 14.7 Å². The average Bonchev–Trinajstić information content (AvgIpc) is 2.83. The Balaban J connectivity index is 1.80. The van der Waals surface area contributed by atoms with Crippen molar-refractivity contribution in [2.45, 2.75) is 13.0 Å². The van der Waals surface area contributed by atoms with E-state index in [9.17, 15) is 4.79 Å². The lowest BCUT2D eigenvalue weighted by molar-refractivity contribution is -0.142. The van der Waals surface area contributed by atoms with Gasteiger partial charge in [0.05, 0.1) is 24.1 Å². The normalized spacial score (nSPS) is 16.8. The molecule has 22 heavy (non-hydrogen) atoms. The van der Waals surface area contributed by atoms with Crippen LogP contribution in [0.15, 0.2) is 22.7 Å². The third-order valence-electron chi connectivity index (χ3n) is 3.74. The number of rotatable bonds is 3. The third kappa shape index (κ3) is 2.96. The Bertz CT molecular complexity index is 695. The minimum Gasteiger partial charge on any atom is -0.463 e. The smallest absolute Gasteiger partial charge is 0.263 e. The van der Waals surface area contributed by atoms with Crippen LogP contribution in [0.4, 0.5) is 0 Å². The second-order valence-corrected chi connectivity index (χ2v) is 6.20. The molecule has 0 unspecified atom stereocenters. The van der Waals surface area contributed by atoms with Crippen molar-refractivity contribution in [1.29, 1.82) is 0 Å². The molecule has 0 N–H and O–H groups in total. The van der Waals surface area contributed by atoms with Gasteiger partial charge in [0.25, 0.3) is 5.91 Å². The molecule has 6 nitrogen and oxygen atoms in total. The lowest BCUT2D eigenvalue weighted by atomic mass is 10.2. The van der Waals surface area contributed by atoms with Crippen LogP contribution in [0.25, 0.3) is 10.9 Å². The van der Waals surface area contributed by atoms with Gasteiger partial charge in [0.1, 0.15) is 0 Å². The van der Waals surface area contributed by atoms with E-state index in [-0.39, 0.29) is 5.91 Å². The molecule has 0 aliphatic carbocycles. The molecule has 2 aromatic rings. The summed E-state index contributed by atoms with van der Waals surface area (Å²) >= 11 is 3.45. The standard InChI is InChI=1S/C15H18BrN3O3/c1-10(15(20)19-5-7-21-8-6-19)22-14-12-9-11(16)3-4-13(12)18(2)17-14/h3-4,9-10H,5-8H2,1-2H3/t10-/m1/s1. The van der Waals surface area contributed by atoms with E-state index in [4.69, 9.17) is 9.47 Å². The number of benzene rings is 1. The zero-order valence-electron chi connectivity index (χ0n) is 12.6. The number of carbonyl (C=O) groups is 1. The minimum absolute atomic E-state index is 0.0305. The summed E-state index contributed by atoms with van der Waals surface area (Å²) in [5.41, 5.74) is 0.962. The predicted molar refractivity (Wildman–Crippen MR) is 85.9 cm³/mol. The fourth-order valence-corrected chi connectivity index (χ4v) is 2.91. The van der Waals surface area contributed by atoms with Crippen molar-refractivity contribution >= 4 is 32.7 Å². The summed E-state index contributed by atoms with van der Waals surface area (Å²) in [6, 6.07) is 5.87. The van der Waals surface area contributed by atoms with Gasteiger partial charge in [0.2, 0.25) is 5.88 Å². The molecule has 1 aromatic carbocycles. The summed E-state index contributed by atoms with van der Waals surface area (Å²) in [6.45, 7) is 4.15. The quantitative estimate of drug-likeness (QED) is 0.831. The van der Waals surface area contributed by atoms with E-state index in [1.807, 2.05) is 25.2 Å². The first kappa shape index (κ1) is 15.3. The van der Waals surface area contributed by atoms with E-state index < -0.39 is 6.10 Å². The molecule has 2 heterocycles. The first-order chi connectivity index (χ1) is 10.6. The molecule has 1 saturated heterocycles. The van der Waals surface area contributed by atoms with Crippen LogP contribution in [0, 0.1) is 0 Å². The van der Waals surface area contributed by atoms with E-state index in [1.54, 1.807) is 16.5 Å². The Morgan fingerprint density at radius 2 is 2.14 bits per heavy atom. The van der Waals surface area contributed by atoms with E-state index >= 15 is 0 Å². The van der Waals surface area contributed by atoms with Gasteiger partial charge in [-0.15, -0.1) is 5.10 Å². The number of nitrogens with zero attached hydrogens (tertiary/aromatic N) is 3. The monoisotopic (exact) mass is 367 g/mol. The zero-order chi connectivity index (χ0) is 15.7. The summed E-state index contributed by atoms with van der Waals surface area (Å²) in [6.07, 6.45) is -0.574. The number of aromatic nitrogens is 2. The molecule has 0 bridgehead atoms. The van der Waals surface area contributed by atoms with Crippen molar-refractivity contribution in [3.05, 3.63) is 22.7 Å². The van der Waals surface area contributed by atoms with Crippen LogP contribution in [0.2, 0.25) is 0 Å². The second kappa shape index (κ2) is 6.26.